The minimum absolute atomic E-state index is 0.248. The molecule has 1 atom stereocenters. The Balaban J connectivity index is 1.82. The van der Waals surface area contributed by atoms with Gasteiger partial charge in [-0.2, -0.15) is 0 Å². The molecule has 2 fully saturated rings. The second-order valence-electron chi connectivity index (χ2n) is 7.08. The molecule has 0 spiro atoms. The molecule has 2 nitrogen and oxygen atoms in total. The summed E-state index contributed by atoms with van der Waals surface area (Å²) < 4.78 is 6.92. The summed E-state index contributed by atoms with van der Waals surface area (Å²) in [5, 5.41) is 0. The van der Waals surface area contributed by atoms with Crippen LogP contribution >= 0.6 is 0 Å². The first-order valence-corrected chi connectivity index (χ1v) is 9.41. The largest absolute Gasteiger partial charge is 0.406 e. The highest BCUT2D eigenvalue weighted by Gasteiger charge is 2.57. The number of unbranched alkanes of at least 4 members (excludes halogenated alkanes) is 1. The SMILES string of the molecule is CCCCB1OC(c2ccccc2)(c2ccccc2)[C@H]2CCCN12. The van der Waals surface area contributed by atoms with E-state index in [0.717, 1.165) is 6.32 Å². The van der Waals surface area contributed by atoms with Crippen LogP contribution in [0.2, 0.25) is 6.32 Å². The lowest BCUT2D eigenvalue weighted by atomic mass is 9.75. The Morgan fingerprint density at radius 1 is 1.04 bits per heavy atom. The van der Waals surface area contributed by atoms with E-state index in [2.05, 4.69) is 72.4 Å². The minimum atomic E-state index is -0.322. The Morgan fingerprint density at radius 2 is 1.67 bits per heavy atom. The number of benzene rings is 2. The third kappa shape index (κ3) is 2.51. The zero-order chi connectivity index (χ0) is 16.4. The van der Waals surface area contributed by atoms with Gasteiger partial charge in [-0.15, -0.1) is 0 Å². The van der Waals surface area contributed by atoms with Crippen LogP contribution in [-0.2, 0) is 10.3 Å². The third-order valence-corrected chi connectivity index (χ3v) is 5.67. The van der Waals surface area contributed by atoms with Crippen LogP contribution in [0, 0.1) is 0 Å². The van der Waals surface area contributed by atoms with Crippen LogP contribution in [0.4, 0.5) is 0 Å². The van der Waals surface area contributed by atoms with Crippen molar-refractivity contribution in [3.63, 3.8) is 0 Å². The Bertz CT molecular complexity index is 621. The first kappa shape index (κ1) is 15.9. The summed E-state index contributed by atoms with van der Waals surface area (Å²) in [4.78, 5) is 2.63. The lowest BCUT2D eigenvalue weighted by Crippen LogP contribution is -2.41. The summed E-state index contributed by atoms with van der Waals surface area (Å²) in [5.74, 6) is 0. The fraction of sp³-hybridized carbons (Fsp3) is 0.429. The van der Waals surface area contributed by atoms with E-state index in [1.54, 1.807) is 0 Å². The van der Waals surface area contributed by atoms with Crippen LogP contribution in [0.5, 0.6) is 0 Å². The van der Waals surface area contributed by atoms with Crippen molar-refractivity contribution in [1.29, 1.82) is 0 Å². The highest BCUT2D eigenvalue weighted by atomic mass is 16.5. The lowest BCUT2D eigenvalue weighted by Gasteiger charge is -2.36. The van der Waals surface area contributed by atoms with Crippen LogP contribution in [0.15, 0.2) is 60.7 Å². The van der Waals surface area contributed by atoms with Crippen LogP contribution in [0.1, 0.15) is 43.7 Å². The minimum Gasteiger partial charge on any atom is -0.406 e. The Labute approximate surface area is 146 Å². The van der Waals surface area contributed by atoms with E-state index in [1.165, 1.54) is 43.4 Å². The summed E-state index contributed by atoms with van der Waals surface area (Å²) in [7, 11) is 0.248. The molecule has 2 aromatic rings. The first-order chi connectivity index (χ1) is 11.9. The van der Waals surface area contributed by atoms with Crippen LogP contribution in [0.25, 0.3) is 0 Å². The molecule has 2 saturated heterocycles. The van der Waals surface area contributed by atoms with Gasteiger partial charge in [0, 0.05) is 6.04 Å². The van der Waals surface area contributed by atoms with Crippen molar-refractivity contribution >= 4 is 7.05 Å². The number of rotatable bonds is 5. The highest BCUT2D eigenvalue weighted by Crippen LogP contribution is 2.49. The third-order valence-electron chi connectivity index (χ3n) is 5.67. The second kappa shape index (κ2) is 6.74. The van der Waals surface area contributed by atoms with Crippen molar-refractivity contribution in [2.45, 2.75) is 50.6 Å². The van der Waals surface area contributed by atoms with Gasteiger partial charge in [0.25, 0.3) is 0 Å². The van der Waals surface area contributed by atoms with Gasteiger partial charge in [0.1, 0.15) is 5.60 Å². The molecule has 0 N–H and O–H groups in total. The molecule has 0 saturated carbocycles. The van der Waals surface area contributed by atoms with E-state index in [9.17, 15) is 0 Å². The van der Waals surface area contributed by atoms with E-state index in [0.29, 0.717) is 6.04 Å². The van der Waals surface area contributed by atoms with E-state index < -0.39 is 0 Å². The second-order valence-corrected chi connectivity index (χ2v) is 7.08. The fourth-order valence-electron chi connectivity index (χ4n) is 4.59. The van der Waals surface area contributed by atoms with Gasteiger partial charge < -0.3 is 9.47 Å². The maximum Gasteiger partial charge on any atom is 0.383 e. The molecule has 0 amide bonds. The van der Waals surface area contributed by atoms with Gasteiger partial charge in [-0.25, -0.2) is 0 Å². The van der Waals surface area contributed by atoms with Gasteiger partial charge in [0.15, 0.2) is 0 Å². The van der Waals surface area contributed by atoms with Crippen molar-refractivity contribution in [1.82, 2.24) is 4.81 Å². The van der Waals surface area contributed by atoms with Gasteiger partial charge >= 0.3 is 7.05 Å². The molecular formula is C21H26BNO. The van der Waals surface area contributed by atoms with Crippen LogP contribution in [-0.4, -0.2) is 24.4 Å². The number of hydrogen-bond acceptors (Lipinski definition) is 2. The molecule has 2 heterocycles. The van der Waals surface area contributed by atoms with Crippen LogP contribution in [0.3, 0.4) is 0 Å². The van der Waals surface area contributed by atoms with Gasteiger partial charge in [-0.05, 0) is 36.8 Å². The molecule has 0 unspecified atom stereocenters. The molecule has 2 aliphatic heterocycles. The summed E-state index contributed by atoms with van der Waals surface area (Å²) in [6, 6.07) is 22.2. The zero-order valence-corrected chi connectivity index (χ0v) is 14.5. The van der Waals surface area contributed by atoms with Crippen LogP contribution < -0.4 is 0 Å². The smallest absolute Gasteiger partial charge is 0.383 e. The number of fused-ring (bicyclic) bond motifs is 1. The molecule has 124 valence electrons. The van der Waals surface area contributed by atoms with E-state index in [1.807, 2.05) is 0 Å². The quantitative estimate of drug-likeness (QED) is 0.740. The standard InChI is InChI=1S/C21H26BNO/c1-2-3-16-22-23-17-10-15-20(23)21(24-22,18-11-6-4-7-12-18)19-13-8-5-9-14-19/h4-9,11-14,20H,2-3,10,15-17H2,1H3/t20-/m1/s1. The molecule has 0 radical (unpaired) electrons. The first-order valence-electron chi connectivity index (χ1n) is 9.41. The van der Waals surface area contributed by atoms with Crippen molar-refractivity contribution in [3.8, 4) is 0 Å². The van der Waals surface area contributed by atoms with Gasteiger partial charge in [-0.3, -0.25) is 0 Å². The fourth-order valence-corrected chi connectivity index (χ4v) is 4.59. The molecule has 2 aliphatic rings. The van der Waals surface area contributed by atoms with Crippen molar-refractivity contribution in [2.75, 3.05) is 6.54 Å². The molecule has 0 aromatic heterocycles. The summed E-state index contributed by atoms with van der Waals surface area (Å²) in [5.41, 5.74) is 2.27. The summed E-state index contributed by atoms with van der Waals surface area (Å²) in [6.07, 6.45) is 6.08. The lowest BCUT2D eigenvalue weighted by molar-refractivity contribution is 0.105. The van der Waals surface area contributed by atoms with E-state index in [4.69, 9.17) is 4.65 Å². The van der Waals surface area contributed by atoms with Gasteiger partial charge in [0.05, 0.1) is 0 Å². The topological polar surface area (TPSA) is 12.5 Å². The molecule has 3 heteroatoms. The van der Waals surface area contributed by atoms with Crippen molar-refractivity contribution in [2.24, 2.45) is 0 Å². The molecule has 0 aliphatic carbocycles. The Hall–Kier alpha value is -1.58. The summed E-state index contributed by atoms with van der Waals surface area (Å²) >= 11 is 0. The molecule has 24 heavy (non-hydrogen) atoms. The average molecular weight is 319 g/mol. The maximum absolute atomic E-state index is 6.92. The van der Waals surface area contributed by atoms with E-state index in [-0.39, 0.29) is 12.7 Å². The van der Waals surface area contributed by atoms with E-state index >= 15 is 0 Å². The maximum atomic E-state index is 6.92. The van der Waals surface area contributed by atoms with Crippen molar-refractivity contribution in [3.05, 3.63) is 71.8 Å². The summed E-state index contributed by atoms with van der Waals surface area (Å²) in [6.45, 7) is 3.43. The zero-order valence-electron chi connectivity index (χ0n) is 14.5. The monoisotopic (exact) mass is 319 g/mol. The van der Waals surface area contributed by atoms with Gasteiger partial charge in [-0.1, -0.05) is 80.4 Å². The predicted octanol–water partition coefficient (Wildman–Crippen LogP) is 4.71. The molecule has 2 aromatic carbocycles. The highest BCUT2D eigenvalue weighted by molar-refractivity contribution is 6.49. The average Bonchev–Trinajstić information content (AvgIpc) is 3.24. The molecular weight excluding hydrogens is 293 g/mol. The number of nitrogens with zero attached hydrogens (tertiary/aromatic N) is 1. The predicted molar refractivity (Wildman–Crippen MR) is 99.9 cm³/mol. The normalized spacial score (nSPS) is 22.7. The molecule has 0 bridgehead atoms. The van der Waals surface area contributed by atoms with Gasteiger partial charge in [0.2, 0.25) is 0 Å². The Kier molecular flexibility index (Phi) is 4.47. The number of hydrogen-bond donors (Lipinski definition) is 0. The Morgan fingerprint density at radius 3 is 2.25 bits per heavy atom. The van der Waals surface area contributed by atoms with Crippen molar-refractivity contribution < 1.29 is 4.65 Å². The molecule has 4 rings (SSSR count).